The lowest BCUT2D eigenvalue weighted by Gasteiger charge is -2.22. The van der Waals surface area contributed by atoms with Crippen molar-refractivity contribution in [2.45, 2.75) is 18.9 Å². The summed E-state index contributed by atoms with van der Waals surface area (Å²) in [5.74, 6) is 1.55. The highest BCUT2D eigenvalue weighted by Crippen LogP contribution is 2.27. The van der Waals surface area contributed by atoms with Crippen LogP contribution in [0.15, 0.2) is 71.9 Å². The third-order valence-electron chi connectivity index (χ3n) is 5.12. The molecule has 4 rings (SSSR count). The highest BCUT2D eigenvalue weighted by Gasteiger charge is 2.25. The molecule has 0 radical (unpaired) electrons. The number of pyridine rings is 1. The zero-order valence-electron chi connectivity index (χ0n) is 15.5. The number of rotatable bonds is 3. The summed E-state index contributed by atoms with van der Waals surface area (Å²) in [6.45, 7) is 2.78. The van der Waals surface area contributed by atoms with E-state index in [4.69, 9.17) is 0 Å². The number of nitrogens with one attached hydrogen (secondary N) is 1. The standard InChI is InChI=1S/C22H24N4.HI/c1-23-22(26-14-12-20(16-26)17-7-3-2-4-8-17)25-15-19-10-5-9-18-11-6-13-24-21(18)19;/h2-11,13,20H,12,14-16H2,1H3,(H,23,25);1H. The third kappa shape index (κ3) is 4.40. The van der Waals surface area contributed by atoms with E-state index >= 15 is 0 Å². The number of halogens is 1. The SMILES string of the molecule is CN=C(NCc1cccc2cccnc12)N1CCC(c2ccccc2)C1.I. The first kappa shape index (κ1) is 19.6. The van der Waals surface area contributed by atoms with Gasteiger partial charge in [-0.15, -0.1) is 24.0 Å². The minimum absolute atomic E-state index is 0. The smallest absolute Gasteiger partial charge is 0.193 e. The van der Waals surface area contributed by atoms with Gasteiger partial charge in [-0.05, 0) is 23.6 Å². The largest absolute Gasteiger partial charge is 0.352 e. The van der Waals surface area contributed by atoms with E-state index in [2.05, 4.69) is 74.8 Å². The molecule has 1 aliphatic rings. The van der Waals surface area contributed by atoms with Gasteiger partial charge in [0.25, 0.3) is 0 Å². The van der Waals surface area contributed by atoms with Crippen molar-refractivity contribution in [3.8, 4) is 0 Å². The summed E-state index contributed by atoms with van der Waals surface area (Å²) in [5.41, 5.74) is 3.67. The highest BCUT2D eigenvalue weighted by molar-refractivity contribution is 14.0. The summed E-state index contributed by atoms with van der Waals surface area (Å²) < 4.78 is 0. The fourth-order valence-corrected chi connectivity index (χ4v) is 3.77. The van der Waals surface area contributed by atoms with E-state index < -0.39 is 0 Å². The predicted molar refractivity (Wildman–Crippen MR) is 123 cm³/mol. The topological polar surface area (TPSA) is 40.5 Å². The maximum Gasteiger partial charge on any atom is 0.193 e. The summed E-state index contributed by atoms with van der Waals surface area (Å²) in [4.78, 5) is 11.4. The average molecular weight is 472 g/mol. The van der Waals surface area contributed by atoms with Crippen LogP contribution in [0.1, 0.15) is 23.5 Å². The molecule has 0 spiro atoms. The van der Waals surface area contributed by atoms with Crippen LogP contribution in [0.4, 0.5) is 0 Å². The van der Waals surface area contributed by atoms with Gasteiger partial charge in [0.2, 0.25) is 0 Å². The number of likely N-dealkylation sites (tertiary alicyclic amines) is 1. The molecular weight excluding hydrogens is 447 g/mol. The average Bonchev–Trinajstić information content (AvgIpc) is 3.19. The first-order valence-electron chi connectivity index (χ1n) is 9.18. The summed E-state index contributed by atoms with van der Waals surface area (Å²) in [7, 11) is 1.86. The van der Waals surface area contributed by atoms with Crippen LogP contribution in [0.2, 0.25) is 0 Å². The molecule has 0 aliphatic carbocycles. The molecule has 1 aromatic heterocycles. The van der Waals surface area contributed by atoms with E-state index in [0.29, 0.717) is 5.92 Å². The van der Waals surface area contributed by atoms with Crippen LogP contribution < -0.4 is 5.32 Å². The molecule has 27 heavy (non-hydrogen) atoms. The molecule has 5 heteroatoms. The molecule has 1 fully saturated rings. The van der Waals surface area contributed by atoms with Crippen LogP contribution in [0, 0.1) is 0 Å². The Labute approximate surface area is 177 Å². The van der Waals surface area contributed by atoms with Crippen molar-refractivity contribution in [2.75, 3.05) is 20.1 Å². The number of nitrogens with zero attached hydrogens (tertiary/aromatic N) is 3. The second kappa shape index (κ2) is 9.17. The fourth-order valence-electron chi connectivity index (χ4n) is 3.77. The lowest BCUT2D eigenvalue weighted by Crippen LogP contribution is -2.39. The van der Waals surface area contributed by atoms with E-state index in [1.165, 1.54) is 22.9 Å². The molecular formula is C22H25IN4. The number of para-hydroxylation sites is 1. The van der Waals surface area contributed by atoms with E-state index in [1.54, 1.807) is 0 Å². The summed E-state index contributed by atoms with van der Waals surface area (Å²) in [6, 6.07) is 21.2. The second-order valence-corrected chi connectivity index (χ2v) is 6.74. The van der Waals surface area contributed by atoms with Gasteiger partial charge >= 0.3 is 0 Å². The van der Waals surface area contributed by atoms with E-state index in [-0.39, 0.29) is 24.0 Å². The molecule has 1 aliphatic heterocycles. The van der Waals surface area contributed by atoms with Gasteiger partial charge in [0, 0.05) is 44.2 Å². The number of aliphatic imine (C=N–C) groups is 1. The maximum atomic E-state index is 4.54. The summed E-state index contributed by atoms with van der Waals surface area (Å²) >= 11 is 0. The van der Waals surface area contributed by atoms with E-state index in [0.717, 1.165) is 31.1 Å². The highest BCUT2D eigenvalue weighted by atomic mass is 127. The van der Waals surface area contributed by atoms with E-state index in [9.17, 15) is 0 Å². The fraction of sp³-hybridized carbons (Fsp3) is 0.273. The maximum absolute atomic E-state index is 4.54. The van der Waals surface area contributed by atoms with Crippen LogP contribution in [0.3, 0.4) is 0 Å². The third-order valence-corrected chi connectivity index (χ3v) is 5.12. The Hall–Kier alpha value is -2.15. The van der Waals surface area contributed by atoms with Crippen molar-refractivity contribution in [1.29, 1.82) is 0 Å². The minimum Gasteiger partial charge on any atom is -0.352 e. The number of aromatic nitrogens is 1. The molecule has 140 valence electrons. The number of hydrogen-bond acceptors (Lipinski definition) is 2. The van der Waals surface area contributed by atoms with Gasteiger partial charge < -0.3 is 10.2 Å². The van der Waals surface area contributed by atoms with Gasteiger partial charge in [-0.1, -0.05) is 54.6 Å². The monoisotopic (exact) mass is 472 g/mol. The Morgan fingerprint density at radius 2 is 1.93 bits per heavy atom. The van der Waals surface area contributed by atoms with Gasteiger partial charge in [-0.2, -0.15) is 0 Å². The molecule has 1 saturated heterocycles. The normalized spacial score (nSPS) is 17.0. The van der Waals surface area contributed by atoms with Crippen LogP contribution in [-0.4, -0.2) is 36.0 Å². The zero-order valence-corrected chi connectivity index (χ0v) is 17.8. The molecule has 3 aromatic rings. The molecule has 0 saturated carbocycles. The Bertz CT molecular complexity index is 905. The molecule has 0 amide bonds. The van der Waals surface area contributed by atoms with Crippen LogP contribution >= 0.6 is 24.0 Å². The predicted octanol–water partition coefficient (Wildman–Crippen LogP) is 4.42. The van der Waals surface area contributed by atoms with Gasteiger partial charge in [-0.3, -0.25) is 9.98 Å². The van der Waals surface area contributed by atoms with Crippen LogP contribution in [0.25, 0.3) is 10.9 Å². The van der Waals surface area contributed by atoms with Crippen LogP contribution in [-0.2, 0) is 6.54 Å². The Balaban J connectivity index is 0.00000210. The van der Waals surface area contributed by atoms with Gasteiger partial charge in [0.15, 0.2) is 5.96 Å². The van der Waals surface area contributed by atoms with Crippen molar-refractivity contribution >= 4 is 40.8 Å². The van der Waals surface area contributed by atoms with Crippen molar-refractivity contribution < 1.29 is 0 Å². The number of benzene rings is 2. The molecule has 1 atom stereocenters. The molecule has 1 N–H and O–H groups in total. The first-order chi connectivity index (χ1) is 12.8. The lowest BCUT2D eigenvalue weighted by molar-refractivity contribution is 0.486. The molecule has 2 heterocycles. The minimum atomic E-state index is 0. The quantitative estimate of drug-likeness (QED) is 0.349. The number of fused-ring (bicyclic) bond motifs is 1. The van der Waals surface area contributed by atoms with E-state index in [1.807, 2.05) is 19.3 Å². The molecule has 1 unspecified atom stereocenters. The molecule has 2 aromatic carbocycles. The van der Waals surface area contributed by atoms with Crippen molar-refractivity contribution in [3.05, 3.63) is 78.0 Å². The Kier molecular flexibility index (Phi) is 6.66. The van der Waals surface area contributed by atoms with Crippen molar-refractivity contribution in [2.24, 2.45) is 4.99 Å². The Morgan fingerprint density at radius 1 is 1.11 bits per heavy atom. The Morgan fingerprint density at radius 3 is 2.74 bits per heavy atom. The number of guanidine groups is 1. The first-order valence-corrected chi connectivity index (χ1v) is 9.18. The summed E-state index contributed by atoms with van der Waals surface area (Å²) in [5, 5.41) is 4.70. The van der Waals surface area contributed by atoms with Crippen molar-refractivity contribution in [1.82, 2.24) is 15.2 Å². The summed E-state index contributed by atoms with van der Waals surface area (Å²) in [6.07, 6.45) is 3.02. The van der Waals surface area contributed by atoms with Gasteiger partial charge in [0.05, 0.1) is 5.52 Å². The zero-order chi connectivity index (χ0) is 17.8. The lowest BCUT2D eigenvalue weighted by atomic mass is 9.99. The van der Waals surface area contributed by atoms with Gasteiger partial charge in [-0.25, -0.2) is 0 Å². The molecule has 4 nitrogen and oxygen atoms in total. The molecule has 0 bridgehead atoms. The van der Waals surface area contributed by atoms with Gasteiger partial charge in [0.1, 0.15) is 0 Å². The number of hydrogen-bond donors (Lipinski definition) is 1. The van der Waals surface area contributed by atoms with Crippen LogP contribution in [0.5, 0.6) is 0 Å². The second-order valence-electron chi connectivity index (χ2n) is 6.74. The van der Waals surface area contributed by atoms with Crippen molar-refractivity contribution in [3.63, 3.8) is 0 Å².